The number of aliphatic hydroxyl groups excluding tert-OH is 2. The van der Waals surface area contributed by atoms with Crippen LogP contribution < -0.4 is 5.32 Å². The maximum absolute atomic E-state index is 9.10. The molecule has 0 aliphatic rings. The van der Waals surface area contributed by atoms with E-state index in [2.05, 4.69) is 5.32 Å². The number of halogens is 1. The number of hydrogen-bond acceptors (Lipinski definition) is 3. The summed E-state index contributed by atoms with van der Waals surface area (Å²) in [6, 6.07) is 7.13. The zero-order valence-corrected chi connectivity index (χ0v) is 8.54. The summed E-state index contributed by atoms with van der Waals surface area (Å²) in [7, 11) is 0. The molecule has 0 aromatic heterocycles. The van der Waals surface area contributed by atoms with E-state index in [0.29, 0.717) is 11.6 Å². The van der Waals surface area contributed by atoms with Gasteiger partial charge in [-0.25, -0.2) is 0 Å². The van der Waals surface area contributed by atoms with Crippen LogP contribution in [-0.2, 0) is 0 Å². The Morgan fingerprint density at radius 1 is 1.21 bits per heavy atom. The van der Waals surface area contributed by atoms with Crippen molar-refractivity contribution < 1.29 is 10.2 Å². The molecule has 14 heavy (non-hydrogen) atoms. The number of aliphatic hydroxyl groups is 2. The Hall–Kier alpha value is -0.610. The predicted molar refractivity (Wildman–Crippen MR) is 56.4 cm³/mol. The van der Waals surface area contributed by atoms with Crippen molar-refractivity contribution in [2.45, 2.75) is 6.04 Å². The maximum atomic E-state index is 9.10. The highest BCUT2D eigenvalue weighted by atomic mass is 35.5. The van der Waals surface area contributed by atoms with Crippen molar-refractivity contribution in [1.82, 2.24) is 5.32 Å². The van der Waals surface area contributed by atoms with Gasteiger partial charge in [0.2, 0.25) is 0 Å². The molecule has 0 fully saturated rings. The zero-order valence-electron chi connectivity index (χ0n) is 7.78. The Balaban J connectivity index is 2.64. The first kappa shape index (κ1) is 11.5. The smallest absolute Gasteiger partial charge is 0.0626 e. The fourth-order valence-electron chi connectivity index (χ4n) is 1.22. The van der Waals surface area contributed by atoms with Crippen LogP contribution in [0.4, 0.5) is 0 Å². The highest BCUT2D eigenvalue weighted by molar-refractivity contribution is 6.30. The molecule has 1 aromatic carbocycles. The summed E-state index contributed by atoms with van der Waals surface area (Å²) in [5.74, 6) is 0. The molecule has 3 nitrogen and oxygen atoms in total. The van der Waals surface area contributed by atoms with Gasteiger partial charge in [0.25, 0.3) is 0 Å². The van der Waals surface area contributed by atoms with Crippen molar-refractivity contribution >= 4 is 11.6 Å². The fraction of sp³-hybridized carbons (Fsp3) is 0.400. The number of benzene rings is 1. The van der Waals surface area contributed by atoms with Crippen molar-refractivity contribution in [2.24, 2.45) is 0 Å². The first-order valence-electron chi connectivity index (χ1n) is 4.48. The molecule has 3 N–H and O–H groups in total. The van der Waals surface area contributed by atoms with Crippen LogP contribution in [0.2, 0.25) is 5.02 Å². The Labute approximate surface area is 88.3 Å². The van der Waals surface area contributed by atoms with Gasteiger partial charge >= 0.3 is 0 Å². The molecule has 0 spiro atoms. The number of hydrogen-bond donors (Lipinski definition) is 3. The van der Waals surface area contributed by atoms with Crippen LogP contribution in [0.3, 0.4) is 0 Å². The molecule has 0 bridgehead atoms. The molecule has 4 heteroatoms. The van der Waals surface area contributed by atoms with Crippen LogP contribution in [0.25, 0.3) is 0 Å². The van der Waals surface area contributed by atoms with Gasteiger partial charge in [-0.15, -0.1) is 0 Å². The monoisotopic (exact) mass is 215 g/mol. The number of nitrogens with one attached hydrogen (secondary N) is 1. The van der Waals surface area contributed by atoms with E-state index in [1.165, 1.54) is 0 Å². The molecule has 1 unspecified atom stereocenters. The van der Waals surface area contributed by atoms with E-state index < -0.39 is 0 Å². The van der Waals surface area contributed by atoms with Gasteiger partial charge in [0.15, 0.2) is 0 Å². The quantitative estimate of drug-likeness (QED) is 0.686. The van der Waals surface area contributed by atoms with Crippen LogP contribution in [0, 0.1) is 0 Å². The minimum absolute atomic E-state index is 0.00162. The van der Waals surface area contributed by atoms with Crippen LogP contribution >= 0.6 is 11.6 Å². The first-order chi connectivity index (χ1) is 6.77. The van der Waals surface area contributed by atoms with E-state index in [-0.39, 0.29) is 19.3 Å². The van der Waals surface area contributed by atoms with Crippen molar-refractivity contribution in [1.29, 1.82) is 0 Å². The minimum Gasteiger partial charge on any atom is -0.395 e. The van der Waals surface area contributed by atoms with Crippen LogP contribution in [0.15, 0.2) is 24.3 Å². The molecule has 0 aliphatic heterocycles. The molecule has 0 saturated heterocycles. The lowest BCUT2D eigenvalue weighted by molar-refractivity contribution is 0.227. The molecule has 1 atom stereocenters. The fourth-order valence-corrected chi connectivity index (χ4v) is 1.35. The Morgan fingerprint density at radius 3 is 2.36 bits per heavy atom. The van der Waals surface area contributed by atoms with Crippen molar-refractivity contribution in [3.63, 3.8) is 0 Å². The maximum Gasteiger partial charge on any atom is 0.0626 e. The molecule has 78 valence electrons. The summed E-state index contributed by atoms with van der Waals surface area (Å²) in [6.45, 7) is 0.527. The van der Waals surface area contributed by atoms with Gasteiger partial charge in [0, 0.05) is 11.6 Å². The summed E-state index contributed by atoms with van der Waals surface area (Å²) >= 11 is 5.74. The second-order valence-electron chi connectivity index (χ2n) is 2.96. The third kappa shape index (κ3) is 3.27. The molecular formula is C10H14ClNO2. The van der Waals surface area contributed by atoms with E-state index in [0.717, 1.165) is 5.56 Å². The topological polar surface area (TPSA) is 52.5 Å². The third-order valence-corrected chi connectivity index (χ3v) is 2.21. The van der Waals surface area contributed by atoms with Crippen LogP contribution in [0.1, 0.15) is 11.6 Å². The van der Waals surface area contributed by atoms with Crippen molar-refractivity contribution in [3.05, 3.63) is 34.9 Å². The van der Waals surface area contributed by atoms with Gasteiger partial charge in [0.1, 0.15) is 0 Å². The van der Waals surface area contributed by atoms with Crippen LogP contribution in [0.5, 0.6) is 0 Å². The summed E-state index contributed by atoms with van der Waals surface area (Å²) in [6.07, 6.45) is 0. The second-order valence-corrected chi connectivity index (χ2v) is 3.40. The minimum atomic E-state index is -0.139. The third-order valence-electron chi connectivity index (χ3n) is 1.96. The molecule has 0 aliphatic carbocycles. The average Bonchev–Trinajstić information content (AvgIpc) is 2.21. The molecule has 1 rings (SSSR count). The summed E-state index contributed by atoms with van der Waals surface area (Å²) < 4.78 is 0. The lowest BCUT2D eigenvalue weighted by Gasteiger charge is -2.15. The lowest BCUT2D eigenvalue weighted by Crippen LogP contribution is -2.27. The molecule has 0 heterocycles. The molecule has 0 radical (unpaired) electrons. The van der Waals surface area contributed by atoms with Crippen molar-refractivity contribution in [3.8, 4) is 0 Å². The van der Waals surface area contributed by atoms with Gasteiger partial charge in [0.05, 0.1) is 19.3 Å². The SMILES string of the molecule is OCCNC(CO)c1ccc(Cl)cc1. The normalized spacial score (nSPS) is 12.8. The second kappa shape index (κ2) is 5.98. The van der Waals surface area contributed by atoms with E-state index >= 15 is 0 Å². The molecule has 0 amide bonds. The largest absolute Gasteiger partial charge is 0.395 e. The molecule has 0 saturated carbocycles. The van der Waals surface area contributed by atoms with Gasteiger partial charge in [-0.2, -0.15) is 0 Å². The average molecular weight is 216 g/mol. The van der Waals surface area contributed by atoms with E-state index in [4.69, 9.17) is 21.8 Å². The summed E-state index contributed by atoms with van der Waals surface area (Å²) in [4.78, 5) is 0. The molecular weight excluding hydrogens is 202 g/mol. The Bertz CT molecular complexity index is 263. The zero-order chi connectivity index (χ0) is 10.4. The van der Waals surface area contributed by atoms with E-state index in [1.54, 1.807) is 12.1 Å². The van der Waals surface area contributed by atoms with Gasteiger partial charge < -0.3 is 15.5 Å². The van der Waals surface area contributed by atoms with Gasteiger partial charge in [-0.1, -0.05) is 23.7 Å². The number of rotatable bonds is 5. The lowest BCUT2D eigenvalue weighted by atomic mass is 10.1. The summed E-state index contributed by atoms with van der Waals surface area (Å²) in [5.41, 5.74) is 0.963. The summed E-state index contributed by atoms with van der Waals surface area (Å²) in [5, 5.41) is 21.4. The van der Waals surface area contributed by atoms with Gasteiger partial charge in [-0.05, 0) is 17.7 Å². The first-order valence-corrected chi connectivity index (χ1v) is 4.86. The van der Waals surface area contributed by atoms with E-state index in [9.17, 15) is 0 Å². The Morgan fingerprint density at radius 2 is 1.86 bits per heavy atom. The Kier molecular flexibility index (Phi) is 4.90. The van der Waals surface area contributed by atoms with Crippen molar-refractivity contribution in [2.75, 3.05) is 19.8 Å². The standard InChI is InChI=1S/C10H14ClNO2/c11-9-3-1-8(2-4-9)10(7-14)12-5-6-13/h1-4,10,12-14H,5-7H2. The van der Waals surface area contributed by atoms with Crippen LogP contribution in [-0.4, -0.2) is 30.0 Å². The highest BCUT2D eigenvalue weighted by Gasteiger charge is 2.08. The molecule has 1 aromatic rings. The predicted octanol–water partition coefficient (Wildman–Crippen LogP) is 0.955. The van der Waals surface area contributed by atoms with Gasteiger partial charge in [-0.3, -0.25) is 0 Å². The highest BCUT2D eigenvalue weighted by Crippen LogP contribution is 2.15. The van der Waals surface area contributed by atoms with E-state index in [1.807, 2.05) is 12.1 Å².